The summed E-state index contributed by atoms with van der Waals surface area (Å²) in [6, 6.07) is 0. The van der Waals surface area contributed by atoms with Gasteiger partial charge in [-0.05, 0) is 23.5 Å². The number of carbonyl (C=O) groups is 1. The molecule has 0 heterocycles. The van der Waals surface area contributed by atoms with Gasteiger partial charge in [0.2, 0.25) is 0 Å². The van der Waals surface area contributed by atoms with Crippen molar-refractivity contribution in [2.45, 2.75) is 25.7 Å². The number of esters is 1. The fourth-order valence-electron chi connectivity index (χ4n) is 1.89. The summed E-state index contributed by atoms with van der Waals surface area (Å²) >= 11 is 0. The van der Waals surface area contributed by atoms with E-state index in [2.05, 4.69) is 0 Å². The third-order valence-corrected chi connectivity index (χ3v) is 3.68. The van der Waals surface area contributed by atoms with Gasteiger partial charge in [-0.15, -0.1) is 0 Å². The summed E-state index contributed by atoms with van der Waals surface area (Å²) in [4.78, 5) is 11.5. The van der Waals surface area contributed by atoms with Crippen molar-refractivity contribution >= 4 is 26.7 Å². The Hall–Kier alpha value is -0.0900. The van der Waals surface area contributed by atoms with Gasteiger partial charge < -0.3 is 4.74 Å². The first-order valence-electron chi connectivity index (χ1n) is 4.24. The molecule has 76 valence electrons. The molecular formula is C8H13ClO3S. The second kappa shape index (κ2) is 4.42. The monoisotopic (exact) mass is 224 g/mol. The van der Waals surface area contributed by atoms with Crippen molar-refractivity contribution in [2.24, 2.45) is 5.41 Å². The Morgan fingerprint density at radius 3 is 2.46 bits per heavy atom. The Bertz CT molecular complexity index is 223. The standard InChI is InChI=1S/C8H13ClO3S/c1-12-7(10)8(6-13(9)11)4-2-3-5-8/h2-6H2,1H3. The maximum absolute atomic E-state index is 11.5. The third-order valence-electron chi connectivity index (χ3n) is 2.57. The lowest BCUT2D eigenvalue weighted by molar-refractivity contribution is -0.151. The Morgan fingerprint density at radius 2 is 2.08 bits per heavy atom. The summed E-state index contributed by atoms with van der Waals surface area (Å²) in [5.74, 6) is -0.0414. The third kappa shape index (κ3) is 2.44. The molecule has 1 saturated carbocycles. The van der Waals surface area contributed by atoms with E-state index in [1.54, 1.807) is 0 Å². The lowest BCUT2D eigenvalue weighted by Gasteiger charge is -2.23. The number of hydrogen-bond acceptors (Lipinski definition) is 3. The van der Waals surface area contributed by atoms with Gasteiger partial charge in [0.1, 0.15) is 10.0 Å². The first kappa shape index (κ1) is 11.0. The molecule has 1 aliphatic rings. The molecule has 1 rings (SSSR count). The average Bonchev–Trinajstić information content (AvgIpc) is 2.51. The molecule has 1 unspecified atom stereocenters. The van der Waals surface area contributed by atoms with Crippen LogP contribution >= 0.6 is 10.7 Å². The van der Waals surface area contributed by atoms with Crippen molar-refractivity contribution < 1.29 is 13.7 Å². The zero-order valence-corrected chi connectivity index (χ0v) is 9.12. The smallest absolute Gasteiger partial charge is 0.312 e. The molecule has 0 N–H and O–H groups in total. The van der Waals surface area contributed by atoms with Crippen molar-refractivity contribution in [1.29, 1.82) is 0 Å². The predicted octanol–water partition coefficient (Wildman–Crippen LogP) is 1.62. The van der Waals surface area contributed by atoms with Crippen LogP contribution in [0.15, 0.2) is 0 Å². The Labute approximate surface area is 84.7 Å². The maximum atomic E-state index is 11.5. The van der Waals surface area contributed by atoms with Gasteiger partial charge in [0.15, 0.2) is 0 Å². The highest BCUT2D eigenvalue weighted by Crippen LogP contribution is 2.40. The van der Waals surface area contributed by atoms with Crippen molar-refractivity contribution in [1.82, 2.24) is 0 Å². The van der Waals surface area contributed by atoms with Crippen molar-refractivity contribution in [3.63, 3.8) is 0 Å². The van der Waals surface area contributed by atoms with Gasteiger partial charge in [-0.2, -0.15) is 0 Å². The van der Waals surface area contributed by atoms with Crippen LogP contribution in [0.25, 0.3) is 0 Å². The van der Waals surface area contributed by atoms with E-state index in [0.717, 1.165) is 25.7 Å². The normalized spacial score (nSPS) is 22.6. The zero-order chi connectivity index (χ0) is 9.90. The molecule has 1 aliphatic carbocycles. The maximum Gasteiger partial charge on any atom is 0.312 e. The molecule has 0 bridgehead atoms. The molecule has 0 spiro atoms. The molecule has 0 aromatic rings. The van der Waals surface area contributed by atoms with Crippen molar-refractivity contribution in [3.05, 3.63) is 0 Å². The molecule has 3 nitrogen and oxygen atoms in total. The average molecular weight is 225 g/mol. The molecule has 0 aliphatic heterocycles. The second-order valence-electron chi connectivity index (χ2n) is 3.41. The summed E-state index contributed by atoms with van der Waals surface area (Å²) in [6.45, 7) is 0. The van der Waals surface area contributed by atoms with Crippen molar-refractivity contribution in [2.75, 3.05) is 12.9 Å². The largest absolute Gasteiger partial charge is 0.469 e. The van der Waals surface area contributed by atoms with Crippen LogP contribution in [-0.2, 0) is 19.5 Å². The molecule has 1 fully saturated rings. The van der Waals surface area contributed by atoms with Crippen LogP contribution in [0.4, 0.5) is 0 Å². The molecule has 0 radical (unpaired) electrons. The van der Waals surface area contributed by atoms with Gasteiger partial charge in [-0.1, -0.05) is 12.8 Å². The number of methoxy groups -OCH3 is 1. The summed E-state index contributed by atoms with van der Waals surface area (Å²) in [6.07, 6.45) is 3.47. The fourth-order valence-corrected chi connectivity index (χ4v) is 3.36. The lowest BCUT2D eigenvalue weighted by Crippen LogP contribution is -2.34. The topological polar surface area (TPSA) is 43.4 Å². The summed E-state index contributed by atoms with van der Waals surface area (Å²) in [5.41, 5.74) is -0.568. The Balaban J connectivity index is 2.74. The minimum atomic E-state index is -1.45. The van der Waals surface area contributed by atoms with Crippen LogP contribution in [-0.4, -0.2) is 23.0 Å². The Morgan fingerprint density at radius 1 is 1.54 bits per heavy atom. The van der Waals surface area contributed by atoms with Crippen LogP contribution in [0.3, 0.4) is 0 Å². The number of halogens is 1. The summed E-state index contributed by atoms with van der Waals surface area (Å²) in [7, 11) is 5.33. The van der Waals surface area contributed by atoms with Gasteiger partial charge in [-0.25, -0.2) is 4.21 Å². The van der Waals surface area contributed by atoms with E-state index in [9.17, 15) is 9.00 Å². The van der Waals surface area contributed by atoms with E-state index in [-0.39, 0.29) is 11.7 Å². The van der Waals surface area contributed by atoms with Gasteiger partial charge in [0.25, 0.3) is 0 Å². The highest BCUT2D eigenvalue weighted by atomic mass is 35.7. The lowest BCUT2D eigenvalue weighted by atomic mass is 9.89. The van der Waals surface area contributed by atoms with Crippen molar-refractivity contribution in [3.8, 4) is 0 Å². The fraction of sp³-hybridized carbons (Fsp3) is 0.875. The molecule has 0 amide bonds. The first-order valence-corrected chi connectivity index (χ1v) is 6.38. The molecule has 0 saturated heterocycles. The van der Waals surface area contributed by atoms with E-state index < -0.39 is 15.4 Å². The molecule has 0 aromatic heterocycles. The Kier molecular flexibility index (Phi) is 3.74. The van der Waals surface area contributed by atoms with Crippen LogP contribution in [0, 0.1) is 5.41 Å². The zero-order valence-electron chi connectivity index (χ0n) is 7.55. The van der Waals surface area contributed by atoms with E-state index in [1.807, 2.05) is 0 Å². The minimum absolute atomic E-state index is 0.223. The van der Waals surface area contributed by atoms with Gasteiger partial charge in [-0.3, -0.25) is 4.79 Å². The molecule has 13 heavy (non-hydrogen) atoms. The number of rotatable bonds is 3. The number of hydrogen-bond donors (Lipinski definition) is 0. The van der Waals surface area contributed by atoms with E-state index in [4.69, 9.17) is 15.4 Å². The second-order valence-corrected chi connectivity index (χ2v) is 5.31. The van der Waals surface area contributed by atoms with E-state index in [1.165, 1.54) is 7.11 Å². The van der Waals surface area contributed by atoms with Gasteiger partial charge in [0.05, 0.1) is 18.3 Å². The van der Waals surface area contributed by atoms with Crippen LogP contribution < -0.4 is 0 Å². The number of ether oxygens (including phenoxy) is 1. The quantitative estimate of drug-likeness (QED) is 0.541. The summed E-state index contributed by atoms with van der Waals surface area (Å²) in [5, 5.41) is 0. The number of carbonyl (C=O) groups excluding carboxylic acids is 1. The van der Waals surface area contributed by atoms with Crippen LogP contribution in [0.1, 0.15) is 25.7 Å². The highest BCUT2D eigenvalue weighted by molar-refractivity contribution is 8.08. The molecule has 1 atom stereocenters. The predicted molar refractivity (Wildman–Crippen MR) is 51.8 cm³/mol. The summed E-state index contributed by atoms with van der Waals surface area (Å²) < 4.78 is 15.6. The SMILES string of the molecule is COC(=O)C1(CS(=O)Cl)CCCC1. The van der Waals surface area contributed by atoms with Gasteiger partial charge >= 0.3 is 5.97 Å². The molecule has 5 heteroatoms. The van der Waals surface area contributed by atoms with E-state index in [0.29, 0.717) is 0 Å². The van der Waals surface area contributed by atoms with Crippen LogP contribution in [0.2, 0.25) is 0 Å². The minimum Gasteiger partial charge on any atom is -0.469 e. The highest BCUT2D eigenvalue weighted by Gasteiger charge is 2.43. The molecule has 0 aromatic carbocycles. The van der Waals surface area contributed by atoms with Gasteiger partial charge in [0, 0.05) is 0 Å². The van der Waals surface area contributed by atoms with Crippen LogP contribution in [0.5, 0.6) is 0 Å². The molecular weight excluding hydrogens is 212 g/mol. The van der Waals surface area contributed by atoms with E-state index >= 15 is 0 Å². The first-order chi connectivity index (χ1) is 6.10.